The molecule has 0 heterocycles. The molecule has 108 valence electrons. The van der Waals surface area contributed by atoms with Crippen molar-refractivity contribution >= 4 is 9.84 Å². The molecule has 0 atom stereocenters. The van der Waals surface area contributed by atoms with Crippen LogP contribution in [0.15, 0.2) is 0 Å². The number of hydrogen-bond donors (Lipinski definition) is 1. The van der Waals surface area contributed by atoms with Gasteiger partial charge in [0.1, 0.15) is 9.84 Å². The van der Waals surface area contributed by atoms with Gasteiger partial charge in [0.15, 0.2) is 0 Å². The van der Waals surface area contributed by atoms with Crippen molar-refractivity contribution in [2.24, 2.45) is 5.41 Å². The SMILES string of the molecule is CCCNCC1(CCCS(C)(=O)=O)CCCCC1. The molecule has 0 radical (unpaired) electrons. The van der Waals surface area contributed by atoms with Gasteiger partial charge in [0.05, 0.1) is 0 Å². The topological polar surface area (TPSA) is 46.2 Å². The van der Waals surface area contributed by atoms with Gasteiger partial charge in [0, 0.05) is 18.6 Å². The second kappa shape index (κ2) is 7.49. The van der Waals surface area contributed by atoms with Gasteiger partial charge in [0.25, 0.3) is 0 Å². The lowest BCUT2D eigenvalue weighted by Crippen LogP contribution is -2.36. The molecule has 4 heteroatoms. The van der Waals surface area contributed by atoms with Crippen LogP contribution in [0.5, 0.6) is 0 Å². The van der Waals surface area contributed by atoms with E-state index in [9.17, 15) is 8.42 Å². The summed E-state index contributed by atoms with van der Waals surface area (Å²) in [5.74, 6) is 0.350. The lowest BCUT2D eigenvalue weighted by atomic mass is 9.71. The molecule has 1 aliphatic rings. The average Bonchev–Trinajstić information content (AvgIpc) is 2.29. The van der Waals surface area contributed by atoms with Gasteiger partial charge in [-0.05, 0) is 44.1 Å². The Morgan fingerprint density at radius 2 is 1.83 bits per heavy atom. The van der Waals surface area contributed by atoms with Crippen molar-refractivity contribution in [3.05, 3.63) is 0 Å². The third-order valence-corrected chi connectivity index (χ3v) is 5.09. The van der Waals surface area contributed by atoms with E-state index < -0.39 is 9.84 Å². The number of hydrogen-bond acceptors (Lipinski definition) is 3. The molecule has 0 spiro atoms. The highest BCUT2D eigenvalue weighted by molar-refractivity contribution is 7.90. The fourth-order valence-corrected chi connectivity index (χ4v) is 3.73. The predicted octanol–water partition coefficient (Wildman–Crippen LogP) is 2.76. The molecule has 3 nitrogen and oxygen atoms in total. The monoisotopic (exact) mass is 275 g/mol. The van der Waals surface area contributed by atoms with Crippen LogP contribution in [0.4, 0.5) is 0 Å². The summed E-state index contributed by atoms with van der Waals surface area (Å²) in [6.07, 6.45) is 10.9. The minimum atomic E-state index is -2.80. The Kier molecular flexibility index (Phi) is 6.64. The fraction of sp³-hybridized carbons (Fsp3) is 1.00. The van der Waals surface area contributed by atoms with Crippen molar-refractivity contribution in [1.82, 2.24) is 5.32 Å². The van der Waals surface area contributed by atoms with Crippen LogP contribution in [-0.4, -0.2) is 33.5 Å². The molecular formula is C14H29NO2S. The first-order valence-corrected chi connectivity index (χ1v) is 9.42. The van der Waals surface area contributed by atoms with Crippen molar-refractivity contribution in [3.63, 3.8) is 0 Å². The van der Waals surface area contributed by atoms with Gasteiger partial charge >= 0.3 is 0 Å². The maximum atomic E-state index is 11.2. The Bertz CT molecular complexity index is 319. The van der Waals surface area contributed by atoms with E-state index in [4.69, 9.17) is 0 Å². The van der Waals surface area contributed by atoms with Crippen LogP contribution in [0.3, 0.4) is 0 Å². The first-order valence-electron chi connectivity index (χ1n) is 7.36. The normalized spacial score (nSPS) is 19.9. The predicted molar refractivity (Wildman–Crippen MR) is 77.6 cm³/mol. The molecule has 0 aromatic rings. The Morgan fingerprint density at radius 1 is 1.17 bits per heavy atom. The van der Waals surface area contributed by atoms with Gasteiger partial charge in [-0.1, -0.05) is 26.2 Å². The highest BCUT2D eigenvalue weighted by Crippen LogP contribution is 2.39. The van der Waals surface area contributed by atoms with E-state index in [1.807, 2.05) is 0 Å². The van der Waals surface area contributed by atoms with Crippen molar-refractivity contribution in [2.75, 3.05) is 25.1 Å². The molecule has 1 fully saturated rings. The minimum absolute atomic E-state index is 0.350. The van der Waals surface area contributed by atoms with Crippen molar-refractivity contribution in [2.45, 2.75) is 58.3 Å². The molecule has 18 heavy (non-hydrogen) atoms. The van der Waals surface area contributed by atoms with Gasteiger partial charge in [-0.15, -0.1) is 0 Å². The lowest BCUT2D eigenvalue weighted by molar-refractivity contribution is 0.166. The van der Waals surface area contributed by atoms with Gasteiger partial charge in [-0.2, -0.15) is 0 Å². The van der Waals surface area contributed by atoms with Crippen molar-refractivity contribution in [3.8, 4) is 0 Å². The molecule has 1 saturated carbocycles. The zero-order valence-electron chi connectivity index (χ0n) is 12.0. The van der Waals surface area contributed by atoms with Gasteiger partial charge in [0.2, 0.25) is 0 Å². The Balaban J connectivity index is 2.43. The Labute approximate surface area is 113 Å². The fourth-order valence-electron chi connectivity index (χ4n) is 3.06. The van der Waals surface area contributed by atoms with Crippen molar-refractivity contribution < 1.29 is 8.42 Å². The van der Waals surface area contributed by atoms with Gasteiger partial charge in [-0.3, -0.25) is 0 Å². The summed E-state index contributed by atoms with van der Waals surface area (Å²) < 4.78 is 22.4. The third kappa shape index (κ3) is 6.19. The van der Waals surface area contributed by atoms with Crippen LogP contribution in [0.2, 0.25) is 0 Å². The molecule has 1 N–H and O–H groups in total. The average molecular weight is 275 g/mol. The molecule has 1 aliphatic carbocycles. The maximum Gasteiger partial charge on any atom is 0.147 e. The van der Waals surface area contributed by atoms with Crippen LogP contribution in [0.1, 0.15) is 58.3 Å². The van der Waals surface area contributed by atoms with E-state index in [0.29, 0.717) is 11.2 Å². The Hall–Kier alpha value is -0.0900. The first kappa shape index (κ1) is 16.0. The molecular weight excluding hydrogens is 246 g/mol. The van der Waals surface area contributed by atoms with Crippen LogP contribution in [0.25, 0.3) is 0 Å². The van der Waals surface area contributed by atoms with Crippen LogP contribution in [0, 0.1) is 5.41 Å². The van der Waals surface area contributed by atoms with E-state index in [0.717, 1.165) is 25.9 Å². The second-order valence-corrected chi connectivity index (χ2v) is 8.23. The molecule has 1 rings (SSSR count). The van der Waals surface area contributed by atoms with Crippen LogP contribution < -0.4 is 5.32 Å². The molecule has 0 aromatic carbocycles. The zero-order valence-corrected chi connectivity index (χ0v) is 12.8. The summed E-state index contributed by atoms with van der Waals surface area (Å²) in [5, 5.41) is 3.54. The molecule has 0 bridgehead atoms. The number of rotatable bonds is 8. The van der Waals surface area contributed by atoms with Gasteiger partial charge < -0.3 is 5.32 Å². The summed E-state index contributed by atoms with van der Waals surface area (Å²) >= 11 is 0. The summed E-state index contributed by atoms with van der Waals surface area (Å²) in [6.45, 7) is 4.34. The quantitative estimate of drug-likeness (QED) is 0.693. The molecule has 0 amide bonds. The summed E-state index contributed by atoms with van der Waals surface area (Å²) in [5.41, 5.74) is 0.373. The smallest absolute Gasteiger partial charge is 0.147 e. The zero-order chi connectivity index (χ0) is 13.5. The summed E-state index contributed by atoms with van der Waals surface area (Å²) in [4.78, 5) is 0. The van der Waals surface area contributed by atoms with Crippen molar-refractivity contribution in [1.29, 1.82) is 0 Å². The number of nitrogens with one attached hydrogen (secondary N) is 1. The number of sulfone groups is 1. The first-order chi connectivity index (χ1) is 8.47. The standard InChI is InChI=1S/C14H29NO2S/c1-3-11-15-13-14(8-5-4-6-9-14)10-7-12-18(2,16)17/h15H,3-13H2,1-2H3. The Morgan fingerprint density at radius 3 is 2.39 bits per heavy atom. The van der Waals surface area contributed by atoms with E-state index in [-0.39, 0.29) is 0 Å². The van der Waals surface area contributed by atoms with E-state index in [1.54, 1.807) is 0 Å². The molecule has 0 unspecified atom stereocenters. The maximum absolute atomic E-state index is 11.2. The van der Waals surface area contributed by atoms with E-state index in [2.05, 4.69) is 12.2 Å². The van der Waals surface area contributed by atoms with Gasteiger partial charge in [-0.25, -0.2) is 8.42 Å². The second-order valence-electron chi connectivity index (χ2n) is 5.97. The molecule has 0 aliphatic heterocycles. The highest BCUT2D eigenvalue weighted by atomic mass is 32.2. The summed E-state index contributed by atoms with van der Waals surface area (Å²) in [7, 11) is -2.80. The minimum Gasteiger partial charge on any atom is -0.316 e. The lowest BCUT2D eigenvalue weighted by Gasteiger charge is -2.38. The van der Waals surface area contributed by atoms with Crippen LogP contribution in [-0.2, 0) is 9.84 Å². The summed E-state index contributed by atoms with van der Waals surface area (Å²) in [6, 6.07) is 0. The highest BCUT2D eigenvalue weighted by Gasteiger charge is 2.31. The molecule has 0 aromatic heterocycles. The largest absolute Gasteiger partial charge is 0.316 e. The van der Waals surface area contributed by atoms with E-state index >= 15 is 0 Å². The van der Waals surface area contributed by atoms with E-state index in [1.165, 1.54) is 44.8 Å². The molecule has 0 saturated heterocycles. The third-order valence-electron chi connectivity index (χ3n) is 4.06. The van der Waals surface area contributed by atoms with Crippen LogP contribution >= 0.6 is 0 Å².